The second-order valence-electron chi connectivity index (χ2n) is 7.95. The number of amides is 1. The first-order chi connectivity index (χ1) is 12.7. The molecule has 2 rings (SSSR count). The first kappa shape index (κ1) is 20.7. The molecule has 0 saturated heterocycles. The maximum Gasteiger partial charge on any atom is 0.326 e. The smallest absolute Gasteiger partial charge is 0.326 e. The zero-order valence-corrected chi connectivity index (χ0v) is 16.4. The Hall–Kier alpha value is -2.63. The van der Waals surface area contributed by atoms with Gasteiger partial charge in [0.2, 0.25) is 5.91 Å². The van der Waals surface area contributed by atoms with E-state index in [9.17, 15) is 14.7 Å². The lowest BCUT2D eigenvalue weighted by Gasteiger charge is -2.21. The number of hydrogen-bond acceptors (Lipinski definition) is 4. The molecule has 27 heavy (non-hydrogen) atoms. The minimum atomic E-state index is -1.01. The number of oxazole rings is 1. The number of nitrogens with one attached hydrogen (secondary N) is 1. The molecule has 0 radical (unpaired) electrons. The molecule has 0 aliphatic rings. The third kappa shape index (κ3) is 6.55. The highest BCUT2D eigenvalue weighted by Gasteiger charge is 2.23. The summed E-state index contributed by atoms with van der Waals surface area (Å²) >= 11 is 0. The van der Waals surface area contributed by atoms with Gasteiger partial charge in [-0.2, -0.15) is 0 Å². The van der Waals surface area contributed by atoms with Crippen molar-refractivity contribution in [1.82, 2.24) is 10.3 Å². The van der Waals surface area contributed by atoms with Crippen LogP contribution in [0.2, 0.25) is 0 Å². The number of aromatic nitrogens is 1. The first-order valence-electron chi connectivity index (χ1n) is 9.19. The molecule has 1 aromatic carbocycles. The number of hydrogen-bond donors (Lipinski definition) is 2. The fraction of sp³-hybridized carbons (Fsp3) is 0.476. The van der Waals surface area contributed by atoms with Crippen molar-refractivity contribution in [3.63, 3.8) is 0 Å². The summed E-state index contributed by atoms with van der Waals surface area (Å²) in [6, 6.07) is 8.79. The summed E-state index contributed by atoms with van der Waals surface area (Å²) in [5.74, 6) is -0.151. The van der Waals surface area contributed by atoms with Crippen molar-refractivity contribution in [2.24, 2.45) is 5.41 Å². The zero-order chi connectivity index (χ0) is 20.0. The molecule has 0 bridgehead atoms. The number of aliphatic carboxylic acids is 1. The second kappa shape index (κ2) is 8.84. The summed E-state index contributed by atoms with van der Waals surface area (Å²) in [5, 5.41) is 11.9. The number of rotatable bonds is 8. The van der Waals surface area contributed by atoms with Crippen molar-refractivity contribution >= 4 is 11.9 Å². The Bertz CT molecular complexity index is 775. The van der Waals surface area contributed by atoms with E-state index >= 15 is 0 Å². The van der Waals surface area contributed by atoms with Crippen molar-refractivity contribution in [3.8, 4) is 11.3 Å². The maximum atomic E-state index is 12.2. The van der Waals surface area contributed by atoms with Gasteiger partial charge in [-0.1, -0.05) is 51.1 Å². The quantitative estimate of drug-likeness (QED) is 0.731. The molecule has 0 aliphatic carbocycles. The third-order valence-corrected chi connectivity index (χ3v) is 4.26. The second-order valence-corrected chi connectivity index (χ2v) is 7.95. The van der Waals surface area contributed by atoms with Crippen molar-refractivity contribution in [2.75, 3.05) is 0 Å². The maximum absolute atomic E-state index is 12.2. The van der Waals surface area contributed by atoms with Crippen molar-refractivity contribution in [2.45, 2.75) is 59.4 Å². The molecular formula is C21H28N2O4. The van der Waals surface area contributed by atoms with E-state index < -0.39 is 12.0 Å². The number of carboxylic acids is 1. The van der Waals surface area contributed by atoms with E-state index in [4.69, 9.17) is 4.42 Å². The molecule has 0 aliphatic heterocycles. The highest BCUT2D eigenvalue weighted by Crippen LogP contribution is 2.25. The monoisotopic (exact) mass is 372 g/mol. The highest BCUT2D eigenvalue weighted by atomic mass is 16.4. The van der Waals surface area contributed by atoms with Crippen LogP contribution in [0.1, 0.15) is 51.6 Å². The van der Waals surface area contributed by atoms with Gasteiger partial charge in [-0.25, -0.2) is 9.78 Å². The van der Waals surface area contributed by atoms with E-state index in [0.717, 1.165) is 11.3 Å². The van der Waals surface area contributed by atoms with Gasteiger partial charge in [0.1, 0.15) is 6.04 Å². The van der Waals surface area contributed by atoms with E-state index in [0.29, 0.717) is 30.9 Å². The van der Waals surface area contributed by atoms with Gasteiger partial charge in [0.05, 0.1) is 5.69 Å². The number of aryl methyl sites for hydroxylation is 2. The van der Waals surface area contributed by atoms with E-state index in [1.165, 1.54) is 0 Å². The molecule has 0 saturated carbocycles. The average molecular weight is 372 g/mol. The number of nitrogens with zero attached hydrogens (tertiary/aromatic N) is 1. The van der Waals surface area contributed by atoms with Gasteiger partial charge >= 0.3 is 5.97 Å². The van der Waals surface area contributed by atoms with Crippen LogP contribution in [-0.4, -0.2) is 28.0 Å². The van der Waals surface area contributed by atoms with Crippen LogP contribution in [0.15, 0.2) is 34.7 Å². The molecule has 1 amide bonds. The van der Waals surface area contributed by atoms with Gasteiger partial charge in [-0.05, 0) is 25.2 Å². The Labute approximate surface area is 160 Å². The van der Waals surface area contributed by atoms with Crippen molar-refractivity contribution < 1.29 is 19.1 Å². The SMILES string of the molecule is Cc1nc(CCC(=O)NC(CCC(C)(C)C)C(=O)O)oc1-c1ccccc1. The highest BCUT2D eigenvalue weighted by molar-refractivity contribution is 5.83. The van der Waals surface area contributed by atoms with Gasteiger partial charge < -0.3 is 14.8 Å². The van der Waals surface area contributed by atoms with E-state index in [1.807, 2.05) is 58.0 Å². The predicted molar refractivity (Wildman–Crippen MR) is 103 cm³/mol. The van der Waals surface area contributed by atoms with Gasteiger partial charge in [-0.15, -0.1) is 0 Å². The molecule has 6 nitrogen and oxygen atoms in total. The first-order valence-corrected chi connectivity index (χ1v) is 9.19. The van der Waals surface area contributed by atoms with Gasteiger partial charge in [-0.3, -0.25) is 4.79 Å². The normalized spacial score (nSPS) is 12.6. The standard InChI is InChI=1S/C21H28N2O4/c1-14-19(15-8-6-5-7-9-15)27-18(22-14)11-10-17(24)23-16(20(25)26)12-13-21(2,3)4/h5-9,16H,10-13H2,1-4H3,(H,23,24)(H,25,26). The van der Waals surface area contributed by atoms with Crippen LogP contribution in [0, 0.1) is 12.3 Å². The fourth-order valence-electron chi connectivity index (χ4n) is 2.74. The average Bonchev–Trinajstić information content (AvgIpc) is 2.97. The Morgan fingerprint density at radius 1 is 1.22 bits per heavy atom. The van der Waals surface area contributed by atoms with Crippen LogP contribution in [0.5, 0.6) is 0 Å². The Morgan fingerprint density at radius 2 is 1.89 bits per heavy atom. The van der Waals surface area contributed by atoms with Crippen LogP contribution in [0.25, 0.3) is 11.3 Å². The van der Waals surface area contributed by atoms with Crippen LogP contribution in [0.4, 0.5) is 0 Å². The summed E-state index contributed by atoms with van der Waals surface area (Å²) < 4.78 is 5.79. The number of carbonyl (C=O) groups excluding carboxylic acids is 1. The molecule has 1 atom stereocenters. The van der Waals surface area contributed by atoms with Crippen LogP contribution in [0.3, 0.4) is 0 Å². The Morgan fingerprint density at radius 3 is 2.48 bits per heavy atom. The van der Waals surface area contributed by atoms with Gasteiger partial charge in [0.15, 0.2) is 11.7 Å². The van der Waals surface area contributed by atoms with Gasteiger partial charge in [0.25, 0.3) is 0 Å². The van der Waals surface area contributed by atoms with E-state index in [2.05, 4.69) is 10.3 Å². The lowest BCUT2D eigenvalue weighted by atomic mass is 9.88. The Kier molecular flexibility index (Phi) is 6.77. The van der Waals surface area contributed by atoms with Crippen LogP contribution >= 0.6 is 0 Å². The zero-order valence-electron chi connectivity index (χ0n) is 16.4. The largest absolute Gasteiger partial charge is 0.480 e. The minimum Gasteiger partial charge on any atom is -0.480 e. The summed E-state index contributed by atoms with van der Waals surface area (Å²) in [5.41, 5.74) is 1.72. The molecule has 1 heterocycles. The van der Waals surface area contributed by atoms with Crippen LogP contribution < -0.4 is 5.32 Å². The van der Waals surface area contributed by atoms with E-state index in [-0.39, 0.29) is 17.7 Å². The molecule has 2 N–H and O–H groups in total. The fourth-order valence-corrected chi connectivity index (χ4v) is 2.74. The van der Waals surface area contributed by atoms with Crippen molar-refractivity contribution in [3.05, 3.63) is 41.9 Å². The topological polar surface area (TPSA) is 92.4 Å². The van der Waals surface area contributed by atoms with E-state index in [1.54, 1.807) is 0 Å². The minimum absolute atomic E-state index is 0.0158. The summed E-state index contributed by atoms with van der Waals surface area (Å²) in [4.78, 5) is 27.9. The van der Waals surface area contributed by atoms with Gasteiger partial charge in [0, 0.05) is 18.4 Å². The molecule has 1 aromatic heterocycles. The molecule has 1 unspecified atom stereocenters. The molecule has 0 spiro atoms. The number of carbonyl (C=O) groups is 2. The molecular weight excluding hydrogens is 344 g/mol. The summed E-state index contributed by atoms with van der Waals surface area (Å²) in [6.45, 7) is 8.00. The lowest BCUT2D eigenvalue weighted by molar-refractivity contribution is -0.142. The number of carboxylic acid groups (broad SMARTS) is 1. The molecule has 146 valence electrons. The third-order valence-electron chi connectivity index (χ3n) is 4.26. The summed E-state index contributed by atoms with van der Waals surface area (Å²) in [6.07, 6.45) is 1.57. The van der Waals surface area contributed by atoms with Crippen molar-refractivity contribution in [1.29, 1.82) is 0 Å². The molecule has 6 heteroatoms. The molecule has 0 fully saturated rings. The van der Waals surface area contributed by atoms with Crippen LogP contribution in [-0.2, 0) is 16.0 Å². The molecule has 2 aromatic rings. The Balaban J connectivity index is 1.92. The summed E-state index contributed by atoms with van der Waals surface area (Å²) in [7, 11) is 0. The number of benzene rings is 1. The predicted octanol–water partition coefficient (Wildman–Crippen LogP) is 3.98. The lowest BCUT2D eigenvalue weighted by Crippen LogP contribution is -2.41.